The third kappa shape index (κ3) is 1.26. The van der Waals surface area contributed by atoms with Crippen LogP contribution in [0.4, 0.5) is 4.79 Å². The Labute approximate surface area is 55.9 Å². The number of nitrogens with one attached hydrogen (secondary N) is 1. The molecule has 9 heavy (non-hydrogen) atoms. The van der Waals surface area contributed by atoms with Crippen molar-refractivity contribution >= 4 is 29.8 Å². The van der Waals surface area contributed by atoms with Crippen molar-refractivity contribution in [2.24, 2.45) is 4.99 Å². The smallest absolute Gasteiger partial charge is 0.275 e. The lowest BCUT2D eigenvalue weighted by Crippen LogP contribution is -2.39. The Morgan fingerprint density at radius 1 is 1.67 bits per heavy atom. The number of carbonyl (C=O) groups excluding carboxylic acids is 2. The second kappa shape index (κ2) is 2.14. The fraction of sp³-hybridized carbons (Fsp3) is 0.250. The lowest BCUT2D eigenvalue weighted by Gasteiger charge is -2.06. The van der Waals surface area contributed by atoms with Gasteiger partial charge in [0, 0.05) is 6.21 Å². The van der Waals surface area contributed by atoms with Crippen molar-refractivity contribution in [3.63, 3.8) is 0 Å². The van der Waals surface area contributed by atoms with Gasteiger partial charge in [-0.15, -0.1) is 11.6 Å². The molecule has 1 N–H and O–H groups in total. The molecule has 0 aromatic rings. The molecule has 4 nitrogen and oxygen atoms in total. The predicted octanol–water partition coefficient (Wildman–Crippen LogP) is -0.0856. The summed E-state index contributed by atoms with van der Waals surface area (Å²) >= 11 is 5.32. The average molecular weight is 147 g/mol. The van der Waals surface area contributed by atoms with Gasteiger partial charge in [-0.05, 0) is 0 Å². The Balaban J connectivity index is 2.76. The quantitative estimate of drug-likeness (QED) is 0.486. The number of hydrogen-bond donors (Lipinski definition) is 1. The highest BCUT2D eigenvalue weighted by Crippen LogP contribution is 1.96. The first-order valence-electron chi connectivity index (χ1n) is 2.23. The van der Waals surface area contributed by atoms with Crippen LogP contribution in [0, 0.1) is 0 Å². The van der Waals surface area contributed by atoms with Gasteiger partial charge in [0.15, 0.2) is 0 Å². The minimum Gasteiger partial charge on any atom is -0.275 e. The Kier molecular flexibility index (Phi) is 1.48. The topological polar surface area (TPSA) is 58.5 Å². The summed E-state index contributed by atoms with van der Waals surface area (Å²) in [5, 5.41) is 1.12. The zero-order chi connectivity index (χ0) is 6.85. The second-order valence-electron chi connectivity index (χ2n) is 1.47. The van der Waals surface area contributed by atoms with Gasteiger partial charge in [0.05, 0.1) is 0 Å². The van der Waals surface area contributed by atoms with Crippen molar-refractivity contribution in [3.05, 3.63) is 0 Å². The highest BCUT2D eigenvalue weighted by molar-refractivity contribution is 6.41. The maximum atomic E-state index is 10.4. The number of nitrogens with zero attached hydrogens (tertiary/aromatic N) is 1. The highest BCUT2D eigenvalue weighted by Gasteiger charge is 2.19. The van der Waals surface area contributed by atoms with Crippen molar-refractivity contribution in [2.45, 2.75) is 5.38 Å². The van der Waals surface area contributed by atoms with Gasteiger partial charge in [0.1, 0.15) is 5.38 Å². The predicted molar refractivity (Wildman–Crippen MR) is 31.7 cm³/mol. The molecule has 5 heteroatoms. The number of amides is 3. The van der Waals surface area contributed by atoms with E-state index in [4.69, 9.17) is 11.6 Å². The molecule has 0 saturated heterocycles. The number of halogens is 1. The van der Waals surface area contributed by atoms with E-state index in [1.807, 2.05) is 5.32 Å². The maximum Gasteiger partial charge on any atom is 0.347 e. The van der Waals surface area contributed by atoms with Crippen LogP contribution < -0.4 is 5.32 Å². The summed E-state index contributed by atoms with van der Waals surface area (Å²) in [4.78, 5) is 23.9. The van der Waals surface area contributed by atoms with Gasteiger partial charge >= 0.3 is 6.03 Å². The fourth-order valence-corrected chi connectivity index (χ4v) is 0.518. The van der Waals surface area contributed by atoms with Crippen molar-refractivity contribution in [3.8, 4) is 0 Å². The third-order valence-electron chi connectivity index (χ3n) is 0.803. The number of imide groups is 1. The minimum absolute atomic E-state index is 0.517. The average Bonchev–Trinajstić information content (AvgIpc) is 1.80. The van der Waals surface area contributed by atoms with Crippen LogP contribution in [0.3, 0.4) is 0 Å². The molecule has 0 aromatic carbocycles. The third-order valence-corrected chi connectivity index (χ3v) is 1.11. The molecule has 1 rings (SSSR count). The van der Waals surface area contributed by atoms with Crippen LogP contribution in [0.1, 0.15) is 0 Å². The zero-order valence-corrected chi connectivity index (χ0v) is 5.05. The van der Waals surface area contributed by atoms with Crippen molar-refractivity contribution < 1.29 is 9.59 Å². The normalized spacial score (nSPS) is 26.1. The molecule has 1 aliphatic heterocycles. The molecular formula is C4H3ClN2O2. The number of rotatable bonds is 0. The van der Waals surface area contributed by atoms with Crippen LogP contribution in [0.15, 0.2) is 4.99 Å². The Morgan fingerprint density at radius 3 is 2.78 bits per heavy atom. The van der Waals surface area contributed by atoms with Crippen LogP contribution in [0.2, 0.25) is 0 Å². The van der Waals surface area contributed by atoms with Gasteiger partial charge < -0.3 is 0 Å². The Morgan fingerprint density at radius 2 is 2.33 bits per heavy atom. The van der Waals surface area contributed by atoms with E-state index in [1.54, 1.807) is 0 Å². The summed E-state index contributed by atoms with van der Waals surface area (Å²) in [7, 11) is 0. The molecule has 0 fully saturated rings. The monoisotopic (exact) mass is 146 g/mol. The van der Waals surface area contributed by atoms with Gasteiger partial charge in [-0.3, -0.25) is 10.1 Å². The van der Waals surface area contributed by atoms with E-state index in [0.717, 1.165) is 6.21 Å². The van der Waals surface area contributed by atoms with E-state index in [9.17, 15) is 9.59 Å². The van der Waals surface area contributed by atoms with Gasteiger partial charge in [-0.1, -0.05) is 0 Å². The summed E-state index contributed by atoms with van der Waals surface area (Å²) in [5.74, 6) is -0.517. The first-order valence-corrected chi connectivity index (χ1v) is 2.67. The molecular weight excluding hydrogens is 144 g/mol. The Bertz CT molecular complexity index is 189. The summed E-state index contributed by atoms with van der Waals surface area (Å²) in [6, 6.07) is -0.656. The fourth-order valence-electron chi connectivity index (χ4n) is 0.407. The van der Waals surface area contributed by atoms with Crippen LogP contribution in [0.5, 0.6) is 0 Å². The lowest BCUT2D eigenvalue weighted by molar-refractivity contribution is -0.118. The van der Waals surface area contributed by atoms with E-state index >= 15 is 0 Å². The molecule has 1 atom stereocenters. The molecule has 0 spiro atoms. The molecule has 1 heterocycles. The molecule has 0 saturated carbocycles. The van der Waals surface area contributed by atoms with Crippen LogP contribution in [-0.2, 0) is 4.79 Å². The number of hydrogen-bond acceptors (Lipinski definition) is 2. The summed E-state index contributed by atoms with van der Waals surface area (Å²) in [6.45, 7) is 0. The first kappa shape index (κ1) is 6.22. The van der Waals surface area contributed by atoms with Crippen molar-refractivity contribution in [1.82, 2.24) is 5.32 Å². The standard InChI is InChI=1S/C4H3ClN2O2/c5-2-1-6-4(9)7-3(2)8/h1-2H,(H,7,8,9). The molecule has 1 unspecified atom stereocenters. The van der Waals surface area contributed by atoms with Crippen LogP contribution >= 0.6 is 11.6 Å². The summed E-state index contributed by atoms with van der Waals surface area (Å²) in [5.41, 5.74) is 0. The molecule has 0 aromatic heterocycles. The first-order chi connectivity index (χ1) is 4.20. The van der Waals surface area contributed by atoms with E-state index in [1.165, 1.54) is 0 Å². The molecule has 0 aliphatic carbocycles. The van der Waals surface area contributed by atoms with E-state index in [0.29, 0.717) is 0 Å². The molecule has 0 radical (unpaired) electrons. The maximum absolute atomic E-state index is 10.4. The van der Waals surface area contributed by atoms with Crippen LogP contribution in [0.25, 0.3) is 0 Å². The van der Waals surface area contributed by atoms with Crippen molar-refractivity contribution in [1.29, 1.82) is 0 Å². The van der Waals surface area contributed by atoms with Gasteiger partial charge in [-0.25, -0.2) is 9.79 Å². The number of urea groups is 1. The van der Waals surface area contributed by atoms with Gasteiger partial charge in [-0.2, -0.15) is 0 Å². The highest BCUT2D eigenvalue weighted by atomic mass is 35.5. The molecule has 48 valence electrons. The van der Waals surface area contributed by atoms with Crippen LogP contribution in [-0.4, -0.2) is 23.5 Å². The lowest BCUT2D eigenvalue weighted by atomic mass is 10.4. The largest absolute Gasteiger partial charge is 0.347 e. The van der Waals surface area contributed by atoms with E-state index < -0.39 is 17.3 Å². The molecule has 1 aliphatic rings. The van der Waals surface area contributed by atoms with Crippen molar-refractivity contribution in [2.75, 3.05) is 0 Å². The summed E-state index contributed by atoms with van der Waals surface area (Å²) < 4.78 is 0. The Hall–Kier alpha value is -0.900. The zero-order valence-electron chi connectivity index (χ0n) is 4.30. The molecule has 3 amide bonds. The van der Waals surface area contributed by atoms with Gasteiger partial charge in [0.25, 0.3) is 5.91 Å². The SMILES string of the molecule is O=C1N=CC(Cl)C(=O)N1. The van der Waals surface area contributed by atoms with Gasteiger partial charge in [0.2, 0.25) is 0 Å². The number of carbonyl (C=O) groups is 2. The summed E-state index contributed by atoms with van der Waals surface area (Å²) in [6.07, 6.45) is 1.10. The minimum atomic E-state index is -0.803. The second-order valence-corrected chi connectivity index (χ2v) is 1.94. The number of alkyl halides is 1. The van der Waals surface area contributed by atoms with E-state index in [2.05, 4.69) is 4.99 Å². The van der Waals surface area contributed by atoms with E-state index in [-0.39, 0.29) is 0 Å². The number of aliphatic imine (C=N–C) groups is 1. The molecule has 0 bridgehead atoms.